The second kappa shape index (κ2) is 22.6. The van der Waals surface area contributed by atoms with Crippen LogP contribution in [0, 0.1) is 12.7 Å². The SMILES string of the molecule is CN(C)C1(Cc2cccc(F)c2)CCC(NC(=O)c2cccnc2Sc2ccc(Cl)cc2)CC1.Cc1onc(-c2c(Cl)cccc2Cl)c1C(=O)NC1CCC(Cc2ccccc2)(N(C)C)CC1. The van der Waals surface area contributed by atoms with Gasteiger partial charge < -0.3 is 25.0 Å². The minimum absolute atomic E-state index is 0.0427. The molecule has 0 spiro atoms. The molecule has 352 valence electrons. The third-order valence-electron chi connectivity index (χ3n) is 13.5. The normalized spacial score (nSPS) is 20.5. The number of rotatable bonds is 13. The maximum Gasteiger partial charge on any atom is 0.257 e. The summed E-state index contributed by atoms with van der Waals surface area (Å²) in [6.45, 7) is 1.73. The first-order valence-corrected chi connectivity index (χ1v) is 24.6. The van der Waals surface area contributed by atoms with E-state index in [9.17, 15) is 14.0 Å². The Balaban J connectivity index is 0.000000199. The summed E-state index contributed by atoms with van der Waals surface area (Å²) in [5.74, 6) is -0.0562. The van der Waals surface area contributed by atoms with E-state index in [0.29, 0.717) is 48.2 Å². The lowest BCUT2D eigenvalue weighted by Crippen LogP contribution is -2.52. The van der Waals surface area contributed by atoms with Gasteiger partial charge in [-0.25, -0.2) is 9.37 Å². The van der Waals surface area contributed by atoms with Gasteiger partial charge in [0.1, 0.15) is 27.9 Å². The number of carbonyl (C=O) groups excluding carboxylic acids is 2. The number of benzene rings is 4. The zero-order valence-corrected chi connectivity index (χ0v) is 41.7. The Morgan fingerprint density at radius 3 is 1.85 bits per heavy atom. The van der Waals surface area contributed by atoms with Gasteiger partial charge in [-0.05, 0) is 171 Å². The van der Waals surface area contributed by atoms with Crippen LogP contribution in [-0.2, 0) is 12.8 Å². The highest BCUT2D eigenvalue weighted by Gasteiger charge is 2.39. The summed E-state index contributed by atoms with van der Waals surface area (Å²) in [4.78, 5) is 36.5. The second-order valence-corrected chi connectivity index (χ2v) is 20.5. The van der Waals surface area contributed by atoms with Crippen molar-refractivity contribution < 1.29 is 18.5 Å². The zero-order chi connectivity index (χ0) is 47.7. The quantitative estimate of drug-likeness (QED) is 0.118. The van der Waals surface area contributed by atoms with E-state index in [-0.39, 0.29) is 40.8 Å². The summed E-state index contributed by atoms with van der Waals surface area (Å²) in [6, 6.07) is 34.0. The Kier molecular flexibility index (Phi) is 16.9. The summed E-state index contributed by atoms with van der Waals surface area (Å²) in [7, 11) is 8.49. The average molecular weight is 985 g/mol. The Labute approximate surface area is 413 Å². The molecule has 0 unspecified atom stereocenters. The summed E-state index contributed by atoms with van der Waals surface area (Å²) >= 11 is 20.2. The molecule has 2 aromatic heterocycles. The molecule has 2 N–H and O–H groups in total. The number of halogens is 4. The fraction of sp³-hybridized carbons (Fsp3) is 0.358. The number of carbonyl (C=O) groups is 2. The van der Waals surface area contributed by atoms with E-state index in [1.165, 1.54) is 23.4 Å². The molecule has 0 radical (unpaired) electrons. The smallest absolute Gasteiger partial charge is 0.257 e. The molecule has 0 bridgehead atoms. The van der Waals surface area contributed by atoms with Gasteiger partial charge in [-0.15, -0.1) is 0 Å². The summed E-state index contributed by atoms with van der Waals surface area (Å²) in [6.07, 6.45) is 10.9. The molecule has 0 aliphatic heterocycles. The first-order valence-electron chi connectivity index (χ1n) is 22.7. The predicted octanol–water partition coefficient (Wildman–Crippen LogP) is 12.4. The number of hydrogen-bond acceptors (Lipinski definition) is 8. The van der Waals surface area contributed by atoms with Crippen LogP contribution in [0.4, 0.5) is 4.39 Å². The maximum absolute atomic E-state index is 13.7. The van der Waals surface area contributed by atoms with Crippen molar-refractivity contribution in [3.63, 3.8) is 0 Å². The van der Waals surface area contributed by atoms with Crippen molar-refractivity contribution in [1.82, 2.24) is 30.6 Å². The minimum Gasteiger partial charge on any atom is -0.360 e. The van der Waals surface area contributed by atoms with Crippen LogP contribution < -0.4 is 10.6 Å². The summed E-state index contributed by atoms with van der Waals surface area (Å²) in [5.41, 5.74) is 4.25. The predicted molar refractivity (Wildman–Crippen MR) is 269 cm³/mol. The Hall–Kier alpha value is -4.75. The number of hydrogen-bond donors (Lipinski definition) is 2. The first-order chi connectivity index (χ1) is 32.1. The number of aryl methyl sites for hydroxylation is 1. The van der Waals surface area contributed by atoms with E-state index in [2.05, 4.69) is 89.1 Å². The number of pyridine rings is 1. The van der Waals surface area contributed by atoms with Crippen LogP contribution in [-0.4, -0.2) is 83.1 Å². The van der Waals surface area contributed by atoms with Crippen molar-refractivity contribution in [2.75, 3.05) is 28.2 Å². The average Bonchev–Trinajstić information content (AvgIpc) is 3.69. The van der Waals surface area contributed by atoms with E-state index in [1.54, 1.807) is 49.5 Å². The lowest BCUT2D eigenvalue weighted by atomic mass is 9.74. The van der Waals surface area contributed by atoms with Crippen molar-refractivity contribution in [3.05, 3.63) is 164 Å². The molecule has 14 heteroatoms. The van der Waals surface area contributed by atoms with Crippen molar-refractivity contribution in [1.29, 1.82) is 0 Å². The molecule has 8 rings (SSSR count). The van der Waals surface area contributed by atoms with Gasteiger partial charge in [0, 0.05) is 44.8 Å². The van der Waals surface area contributed by atoms with E-state index in [1.807, 2.05) is 36.4 Å². The third-order valence-corrected chi connectivity index (χ3v) is 15.4. The number of amides is 2. The van der Waals surface area contributed by atoms with Gasteiger partial charge in [0.25, 0.3) is 11.8 Å². The lowest BCUT2D eigenvalue weighted by molar-refractivity contribution is 0.0765. The van der Waals surface area contributed by atoms with Gasteiger partial charge in [0.15, 0.2) is 0 Å². The fourth-order valence-electron chi connectivity index (χ4n) is 9.48. The van der Waals surface area contributed by atoms with Crippen LogP contribution in [0.25, 0.3) is 11.3 Å². The van der Waals surface area contributed by atoms with Gasteiger partial charge in [-0.1, -0.05) is 100 Å². The summed E-state index contributed by atoms with van der Waals surface area (Å²) < 4.78 is 19.1. The molecule has 0 atom stereocenters. The number of aromatic nitrogens is 2. The van der Waals surface area contributed by atoms with Crippen molar-refractivity contribution in [2.24, 2.45) is 0 Å². The van der Waals surface area contributed by atoms with Crippen LogP contribution in [0.2, 0.25) is 15.1 Å². The van der Waals surface area contributed by atoms with Crippen LogP contribution in [0.1, 0.15) is 89.0 Å². The van der Waals surface area contributed by atoms with Gasteiger partial charge in [-0.3, -0.25) is 9.59 Å². The molecule has 2 aliphatic carbocycles. The first kappa shape index (κ1) is 50.1. The molecule has 9 nitrogen and oxygen atoms in total. The highest BCUT2D eigenvalue weighted by atomic mass is 35.5. The number of likely N-dealkylation sites (N-methyl/N-ethyl adjacent to an activating group) is 2. The molecule has 0 saturated heterocycles. The zero-order valence-electron chi connectivity index (χ0n) is 38.6. The van der Waals surface area contributed by atoms with Crippen LogP contribution >= 0.6 is 46.6 Å². The Morgan fingerprint density at radius 2 is 1.27 bits per heavy atom. The van der Waals surface area contributed by atoms with Crippen molar-refractivity contribution >= 4 is 58.4 Å². The highest BCUT2D eigenvalue weighted by molar-refractivity contribution is 7.99. The number of nitrogens with one attached hydrogen (secondary N) is 2. The van der Waals surface area contributed by atoms with Gasteiger partial charge in [0.2, 0.25) is 0 Å². The van der Waals surface area contributed by atoms with E-state index >= 15 is 0 Å². The molecular weight excluding hydrogens is 926 g/mol. The molecule has 6 aromatic rings. The van der Waals surface area contributed by atoms with Crippen molar-refractivity contribution in [2.45, 2.75) is 104 Å². The van der Waals surface area contributed by atoms with Crippen LogP contribution in [0.15, 0.2) is 130 Å². The maximum atomic E-state index is 13.7. The van der Waals surface area contributed by atoms with E-state index in [0.717, 1.165) is 74.7 Å². The van der Waals surface area contributed by atoms with E-state index < -0.39 is 0 Å². The van der Waals surface area contributed by atoms with Gasteiger partial charge >= 0.3 is 0 Å². The molecule has 2 heterocycles. The van der Waals surface area contributed by atoms with Gasteiger partial charge in [0.05, 0.1) is 15.6 Å². The largest absolute Gasteiger partial charge is 0.360 e. The van der Waals surface area contributed by atoms with E-state index in [4.69, 9.17) is 39.3 Å². The Bertz CT molecular complexity index is 2590. The topological polar surface area (TPSA) is 104 Å². The van der Waals surface area contributed by atoms with Gasteiger partial charge in [-0.2, -0.15) is 0 Å². The van der Waals surface area contributed by atoms with Crippen molar-refractivity contribution in [3.8, 4) is 11.3 Å². The Morgan fingerprint density at radius 1 is 0.716 bits per heavy atom. The standard InChI is InChI=1S/C27H29ClFN3OS.C26H29Cl2N3O2/c1-32(2)27(18-19-5-3-6-21(29)17-19)14-12-22(13-15-27)31-25(33)24-7-4-16-30-26(24)34-23-10-8-20(28)9-11-23;1-17-22(24(30-33-17)23-20(27)10-7-11-21(23)28)25(32)29-19-12-14-26(15-13-19,31(2)3)16-18-8-5-4-6-9-18/h3-11,16-17,22H,12-15,18H2,1-2H3,(H,31,33);4-11,19H,12-16H2,1-3H3,(H,29,32). The molecular formula is C53H58Cl3FN6O3S. The molecule has 2 saturated carbocycles. The molecule has 4 aromatic carbocycles. The molecule has 2 fully saturated rings. The highest BCUT2D eigenvalue weighted by Crippen LogP contribution is 2.40. The monoisotopic (exact) mass is 982 g/mol. The number of nitrogens with zero attached hydrogens (tertiary/aromatic N) is 4. The van der Waals surface area contributed by atoms with Crippen LogP contribution in [0.3, 0.4) is 0 Å². The molecule has 2 amide bonds. The summed E-state index contributed by atoms with van der Waals surface area (Å²) in [5, 5.41) is 12.7. The molecule has 2 aliphatic rings. The minimum atomic E-state index is -0.204. The second-order valence-electron chi connectivity index (χ2n) is 18.2. The molecule has 67 heavy (non-hydrogen) atoms. The van der Waals surface area contributed by atoms with Crippen LogP contribution in [0.5, 0.6) is 0 Å². The fourth-order valence-corrected chi connectivity index (χ4v) is 11.1. The lowest BCUT2D eigenvalue weighted by Gasteiger charge is -2.45. The third kappa shape index (κ3) is 12.5.